The lowest BCUT2D eigenvalue weighted by atomic mass is 9.84. The van der Waals surface area contributed by atoms with Gasteiger partial charge in [0.2, 0.25) is 0 Å². The smallest absolute Gasteiger partial charge is 0.490 e. The Morgan fingerprint density at radius 3 is 1.97 bits per heavy atom. The number of likely N-dealkylation sites (tertiary alicyclic amines) is 1. The summed E-state index contributed by atoms with van der Waals surface area (Å²) in [6.45, 7) is 5.37. The van der Waals surface area contributed by atoms with Gasteiger partial charge in [0.05, 0.1) is 19.8 Å². The minimum absolute atomic E-state index is 0.433. The third kappa shape index (κ3) is 11.0. The van der Waals surface area contributed by atoms with Crippen molar-refractivity contribution in [2.24, 2.45) is 11.8 Å². The predicted octanol–water partition coefficient (Wildman–Crippen LogP) is 3.36. The standard InChI is InChI=1S/C18H28N2O2.2C2HF3O2/c1-19(2)12-18-17-8-9-20(11-15(17)13-22-18)10-14-4-6-16(21-3)7-5-14;2*3-2(4,5)1(6)7/h4-7,15,17-18H,8-13H2,1-3H3;2*(H,6,7)/t15-,17-,18-;;/m0../s1. The number of halogens is 6. The average molecular weight is 532 g/mol. The first-order chi connectivity index (χ1) is 16.5. The van der Waals surface area contributed by atoms with Gasteiger partial charge in [-0.15, -0.1) is 0 Å². The lowest BCUT2D eigenvalue weighted by Gasteiger charge is -2.36. The number of ether oxygens (including phenoxy) is 2. The maximum atomic E-state index is 10.6. The lowest BCUT2D eigenvalue weighted by Crippen LogP contribution is -2.42. The summed E-state index contributed by atoms with van der Waals surface area (Å²) in [5, 5.41) is 14.2. The van der Waals surface area contributed by atoms with Gasteiger partial charge >= 0.3 is 24.3 Å². The van der Waals surface area contributed by atoms with Crippen LogP contribution in [0.5, 0.6) is 5.75 Å². The van der Waals surface area contributed by atoms with Crippen molar-refractivity contribution in [3.05, 3.63) is 29.8 Å². The van der Waals surface area contributed by atoms with Crippen LogP contribution in [0.3, 0.4) is 0 Å². The molecule has 3 atom stereocenters. The highest BCUT2D eigenvalue weighted by Crippen LogP contribution is 2.35. The van der Waals surface area contributed by atoms with Gasteiger partial charge in [-0.05, 0) is 50.7 Å². The van der Waals surface area contributed by atoms with E-state index in [0.29, 0.717) is 12.0 Å². The number of fused-ring (bicyclic) bond motifs is 1. The van der Waals surface area contributed by atoms with Crippen LogP contribution in [0.15, 0.2) is 24.3 Å². The molecule has 2 aliphatic heterocycles. The van der Waals surface area contributed by atoms with E-state index in [9.17, 15) is 26.3 Å². The fourth-order valence-corrected chi connectivity index (χ4v) is 3.84. The predicted molar refractivity (Wildman–Crippen MR) is 116 cm³/mol. The molecule has 36 heavy (non-hydrogen) atoms. The summed E-state index contributed by atoms with van der Waals surface area (Å²) < 4.78 is 74.8. The summed E-state index contributed by atoms with van der Waals surface area (Å²) >= 11 is 0. The third-order valence-corrected chi connectivity index (χ3v) is 5.47. The fraction of sp³-hybridized carbons (Fsp3) is 0.636. The molecule has 0 aliphatic carbocycles. The minimum Gasteiger partial charge on any atom is -0.497 e. The van der Waals surface area contributed by atoms with Crippen LogP contribution in [0.1, 0.15) is 12.0 Å². The molecule has 2 heterocycles. The number of hydrogen-bond donors (Lipinski definition) is 2. The monoisotopic (exact) mass is 532 g/mol. The Bertz CT molecular complexity index is 808. The van der Waals surface area contributed by atoms with E-state index in [1.807, 2.05) is 12.1 Å². The van der Waals surface area contributed by atoms with Gasteiger partial charge in [0.15, 0.2) is 0 Å². The van der Waals surface area contributed by atoms with Crippen LogP contribution < -0.4 is 4.74 Å². The molecule has 0 saturated carbocycles. The Morgan fingerprint density at radius 1 is 1.06 bits per heavy atom. The second kappa shape index (κ2) is 13.7. The molecule has 2 N–H and O–H groups in total. The zero-order valence-electron chi connectivity index (χ0n) is 20.0. The number of piperidine rings is 1. The van der Waals surface area contributed by atoms with Crippen LogP contribution in [0.25, 0.3) is 0 Å². The quantitative estimate of drug-likeness (QED) is 0.558. The zero-order chi connectivity index (χ0) is 27.7. The number of carboxylic acid groups (broad SMARTS) is 2. The van der Waals surface area contributed by atoms with E-state index in [2.05, 4.69) is 36.0 Å². The molecule has 2 saturated heterocycles. The highest BCUT2D eigenvalue weighted by Gasteiger charge is 2.41. The van der Waals surface area contributed by atoms with Crippen molar-refractivity contribution < 1.29 is 55.6 Å². The van der Waals surface area contributed by atoms with E-state index in [4.69, 9.17) is 29.3 Å². The summed E-state index contributed by atoms with van der Waals surface area (Å²) in [7, 11) is 5.98. The van der Waals surface area contributed by atoms with E-state index in [1.165, 1.54) is 25.1 Å². The molecule has 2 fully saturated rings. The Labute approximate surface area is 204 Å². The van der Waals surface area contributed by atoms with Gasteiger partial charge in [-0.2, -0.15) is 26.3 Å². The molecule has 0 spiro atoms. The summed E-state index contributed by atoms with van der Waals surface area (Å²) in [4.78, 5) is 22.6. The second-order valence-electron chi connectivity index (χ2n) is 8.54. The number of alkyl halides is 6. The molecule has 0 unspecified atom stereocenters. The first kappa shape index (κ1) is 31.4. The Hall–Kier alpha value is -2.58. The van der Waals surface area contributed by atoms with E-state index in [-0.39, 0.29) is 0 Å². The van der Waals surface area contributed by atoms with Crippen molar-refractivity contribution in [3.63, 3.8) is 0 Å². The van der Waals surface area contributed by atoms with E-state index >= 15 is 0 Å². The van der Waals surface area contributed by atoms with Crippen LogP contribution >= 0.6 is 0 Å². The van der Waals surface area contributed by atoms with Crippen LogP contribution in [0.2, 0.25) is 0 Å². The normalized spacial score (nSPS) is 22.0. The summed E-state index contributed by atoms with van der Waals surface area (Å²) in [5.74, 6) is -3.13. The van der Waals surface area contributed by atoms with Crippen molar-refractivity contribution in [1.29, 1.82) is 0 Å². The molecule has 8 nitrogen and oxygen atoms in total. The third-order valence-electron chi connectivity index (χ3n) is 5.47. The molecule has 0 radical (unpaired) electrons. The maximum absolute atomic E-state index is 10.6. The molecule has 3 rings (SSSR count). The van der Waals surface area contributed by atoms with Gasteiger partial charge in [-0.3, -0.25) is 4.90 Å². The maximum Gasteiger partial charge on any atom is 0.490 e. The van der Waals surface area contributed by atoms with Crippen molar-refractivity contribution in [3.8, 4) is 5.75 Å². The molecule has 2 aliphatic rings. The van der Waals surface area contributed by atoms with E-state index < -0.39 is 24.3 Å². The highest BCUT2D eigenvalue weighted by molar-refractivity contribution is 5.73. The van der Waals surface area contributed by atoms with Gasteiger partial charge in [0.25, 0.3) is 0 Å². The Morgan fingerprint density at radius 2 is 1.56 bits per heavy atom. The molecule has 0 bridgehead atoms. The van der Waals surface area contributed by atoms with Crippen molar-refractivity contribution in [2.45, 2.75) is 31.4 Å². The Balaban J connectivity index is 0.000000383. The number of benzene rings is 1. The van der Waals surface area contributed by atoms with Gasteiger partial charge in [0.1, 0.15) is 5.75 Å². The number of carbonyl (C=O) groups is 2. The lowest BCUT2D eigenvalue weighted by molar-refractivity contribution is -0.193. The van der Waals surface area contributed by atoms with E-state index in [1.54, 1.807) is 7.11 Å². The zero-order valence-corrected chi connectivity index (χ0v) is 20.0. The van der Waals surface area contributed by atoms with Crippen molar-refractivity contribution in [2.75, 3.05) is 47.4 Å². The summed E-state index contributed by atoms with van der Waals surface area (Å²) in [5.41, 5.74) is 1.36. The molecule has 1 aromatic rings. The molecule has 1 aromatic carbocycles. The summed E-state index contributed by atoms with van der Waals surface area (Å²) in [6, 6.07) is 8.44. The molecule has 0 amide bonds. The number of hydrogen-bond acceptors (Lipinski definition) is 6. The topological polar surface area (TPSA) is 99.5 Å². The van der Waals surface area contributed by atoms with Crippen LogP contribution in [-0.2, 0) is 20.9 Å². The summed E-state index contributed by atoms with van der Waals surface area (Å²) in [6.07, 6.45) is -8.47. The molecule has 0 aromatic heterocycles. The van der Waals surface area contributed by atoms with Crippen LogP contribution in [0.4, 0.5) is 26.3 Å². The van der Waals surface area contributed by atoms with Gasteiger partial charge in [0, 0.05) is 25.6 Å². The number of likely N-dealkylation sites (N-methyl/N-ethyl adjacent to an activating group) is 1. The van der Waals surface area contributed by atoms with Crippen LogP contribution in [0, 0.1) is 11.8 Å². The SMILES string of the molecule is COc1ccc(CN2CC[C@H]3[C@H](CO[C@H]3CN(C)C)C2)cc1.O=C(O)C(F)(F)F.O=C(O)C(F)(F)F. The van der Waals surface area contributed by atoms with Gasteiger partial charge in [-0.25, -0.2) is 9.59 Å². The number of nitrogens with zero attached hydrogens (tertiary/aromatic N) is 2. The molecular formula is C22H30F6N2O6. The number of rotatable bonds is 5. The highest BCUT2D eigenvalue weighted by atomic mass is 19.4. The minimum atomic E-state index is -5.08. The number of aliphatic carboxylic acids is 2. The number of carboxylic acids is 2. The Kier molecular flexibility index (Phi) is 11.9. The average Bonchev–Trinajstić information content (AvgIpc) is 3.15. The van der Waals surface area contributed by atoms with Crippen molar-refractivity contribution in [1.82, 2.24) is 9.80 Å². The fourth-order valence-electron chi connectivity index (χ4n) is 3.84. The second-order valence-corrected chi connectivity index (χ2v) is 8.54. The largest absolute Gasteiger partial charge is 0.497 e. The number of methoxy groups -OCH3 is 1. The van der Waals surface area contributed by atoms with Gasteiger partial charge < -0.3 is 24.6 Å². The van der Waals surface area contributed by atoms with E-state index in [0.717, 1.165) is 31.4 Å². The van der Waals surface area contributed by atoms with Gasteiger partial charge in [-0.1, -0.05) is 12.1 Å². The molecule has 206 valence electrons. The molecular weight excluding hydrogens is 502 g/mol. The van der Waals surface area contributed by atoms with Crippen molar-refractivity contribution >= 4 is 11.9 Å². The molecule has 14 heteroatoms. The van der Waals surface area contributed by atoms with Crippen LogP contribution in [-0.4, -0.2) is 97.9 Å². The first-order valence-electron chi connectivity index (χ1n) is 10.8. The first-order valence-corrected chi connectivity index (χ1v) is 10.8.